The third-order valence-corrected chi connectivity index (χ3v) is 5.70. The number of rotatable bonds is 5. The number of thioether (sulfide) groups is 1. The van der Waals surface area contributed by atoms with Crippen molar-refractivity contribution in [3.8, 4) is 0 Å². The van der Waals surface area contributed by atoms with Crippen LogP contribution in [0.4, 0.5) is 28.0 Å². The Balaban J connectivity index is 1.55. The second-order valence-electron chi connectivity index (χ2n) is 7.04. The van der Waals surface area contributed by atoms with E-state index < -0.39 is 0 Å². The molecule has 3 heterocycles. The SMILES string of the molecule is Cn1ccnc1N(c1ccccc1)c1ccc(/C=C2\C(=O)SC(=O)N2c2ccccc2)o1. The van der Waals surface area contributed by atoms with Crippen LogP contribution in [0.25, 0.3) is 6.08 Å². The van der Waals surface area contributed by atoms with E-state index in [-0.39, 0.29) is 16.1 Å². The van der Waals surface area contributed by atoms with Crippen LogP contribution in [0.1, 0.15) is 5.76 Å². The predicted octanol–water partition coefficient (Wildman–Crippen LogP) is 5.72. The summed E-state index contributed by atoms with van der Waals surface area (Å²) in [6.07, 6.45) is 5.17. The Kier molecular flexibility index (Phi) is 5.12. The first kappa shape index (κ1) is 19.9. The molecule has 4 aromatic rings. The van der Waals surface area contributed by atoms with Gasteiger partial charge in [-0.25, -0.2) is 4.98 Å². The molecule has 0 aliphatic carbocycles. The Morgan fingerprint density at radius 1 is 0.969 bits per heavy atom. The number of nitrogens with zero attached hydrogens (tertiary/aromatic N) is 4. The first-order valence-electron chi connectivity index (χ1n) is 9.87. The highest BCUT2D eigenvalue weighted by atomic mass is 32.2. The molecule has 158 valence electrons. The van der Waals surface area contributed by atoms with Crippen LogP contribution in [0.3, 0.4) is 0 Å². The van der Waals surface area contributed by atoms with Crippen molar-refractivity contribution in [3.05, 3.63) is 96.6 Å². The van der Waals surface area contributed by atoms with Gasteiger partial charge in [-0.3, -0.25) is 19.4 Å². The first-order chi connectivity index (χ1) is 15.6. The van der Waals surface area contributed by atoms with E-state index in [0.717, 1.165) is 5.69 Å². The first-order valence-corrected chi connectivity index (χ1v) is 10.7. The van der Waals surface area contributed by atoms with Crippen molar-refractivity contribution >= 4 is 51.4 Å². The molecule has 1 saturated heterocycles. The van der Waals surface area contributed by atoms with Gasteiger partial charge in [-0.15, -0.1) is 0 Å². The third kappa shape index (κ3) is 3.61. The summed E-state index contributed by atoms with van der Waals surface area (Å²) in [5.41, 5.74) is 1.77. The van der Waals surface area contributed by atoms with Gasteiger partial charge in [-0.05, 0) is 30.3 Å². The highest BCUT2D eigenvalue weighted by Gasteiger charge is 2.36. The topological polar surface area (TPSA) is 71.6 Å². The van der Waals surface area contributed by atoms with Gasteiger partial charge in [-0.1, -0.05) is 36.4 Å². The van der Waals surface area contributed by atoms with Crippen LogP contribution in [0.2, 0.25) is 0 Å². The molecular weight excluding hydrogens is 424 g/mol. The molecule has 1 aliphatic heterocycles. The second kappa shape index (κ2) is 8.24. The van der Waals surface area contributed by atoms with Gasteiger partial charge in [0.15, 0.2) is 0 Å². The average molecular weight is 443 g/mol. The monoisotopic (exact) mass is 442 g/mol. The Morgan fingerprint density at radius 3 is 2.38 bits per heavy atom. The number of imidazole rings is 1. The lowest BCUT2D eigenvalue weighted by atomic mass is 10.2. The molecule has 1 aliphatic rings. The number of aromatic nitrogens is 2. The van der Waals surface area contributed by atoms with Gasteiger partial charge in [-0.2, -0.15) is 0 Å². The van der Waals surface area contributed by atoms with Crippen molar-refractivity contribution in [2.45, 2.75) is 0 Å². The van der Waals surface area contributed by atoms with Gasteiger partial charge in [0.1, 0.15) is 11.5 Å². The van der Waals surface area contributed by atoms with Crippen LogP contribution in [-0.4, -0.2) is 19.9 Å². The standard InChI is InChI=1S/C24H18N4O3S/c1-26-15-14-25-23(26)28(18-10-6-3-7-11-18)21-13-12-19(31-21)16-20-22(29)32-24(30)27(20)17-8-4-2-5-9-17/h2-16H,1H3/b20-16+. The molecule has 0 N–H and O–H groups in total. The summed E-state index contributed by atoms with van der Waals surface area (Å²) in [6, 6.07) is 22.4. The summed E-state index contributed by atoms with van der Waals surface area (Å²) in [6.45, 7) is 0. The number of hydrogen-bond acceptors (Lipinski definition) is 6. The van der Waals surface area contributed by atoms with Crippen molar-refractivity contribution in [2.24, 2.45) is 7.05 Å². The van der Waals surface area contributed by atoms with E-state index in [2.05, 4.69) is 4.98 Å². The van der Waals surface area contributed by atoms with Crippen molar-refractivity contribution in [2.75, 3.05) is 9.80 Å². The largest absolute Gasteiger partial charge is 0.440 e. The van der Waals surface area contributed by atoms with Gasteiger partial charge >= 0.3 is 0 Å². The minimum atomic E-state index is -0.335. The van der Waals surface area contributed by atoms with Crippen molar-refractivity contribution in [1.29, 1.82) is 0 Å². The molecule has 2 aromatic carbocycles. The zero-order valence-corrected chi connectivity index (χ0v) is 17.9. The van der Waals surface area contributed by atoms with Crippen LogP contribution in [0.5, 0.6) is 0 Å². The summed E-state index contributed by atoms with van der Waals surface area (Å²) >= 11 is 0.675. The predicted molar refractivity (Wildman–Crippen MR) is 125 cm³/mol. The van der Waals surface area contributed by atoms with Gasteiger partial charge in [0, 0.05) is 49.0 Å². The summed E-state index contributed by atoms with van der Waals surface area (Å²) in [7, 11) is 1.90. The minimum Gasteiger partial charge on any atom is -0.440 e. The number of carbonyl (C=O) groups is 2. The molecule has 0 bridgehead atoms. The van der Waals surface area contributed by atoms with E-state index in [1.165, 1.54) is 4.90 Å². The normalized spacial score (nSPS) is 15.0. The molecule has 0 radical (unpaired) electrons. The van der Waals surface area contributed by atoms with Crippen LogP contribution in [-0.2, 0) is 11.8 Å². The molecule has 7 nitrogen and oxygen atoms in total. The van der Waals surface area contributed by atoms with E-state index >= 15 is 0 Å². The van der Waals surface area contributed by atoms with E-state index in [0.29, 0.717) is 35.0 Å². The fourth-order valence-electron chi connectivity index (χ4n) is 3.48. The van der Waals surface area contributed by atoms with E-state index in [1.807, 2.05) is 77.3 Å². The van der Waals surface area contributed by atoms with E-state index in [9.17, 15) is 9.59 Å². The van der Waals surface area contributed by atoms with Crippen LogP contribution < -0.4 is 9.80 Å². The Labute approximate surface area is 188 Å². The molecule has 0 unspecified atom stereocenters. The maximum Gasteiger partial charge on any atom is 0.298 e. The molecule has 1 fully saturated rings. The minimum absolute atomic E-state index is 0.260. The number of hydrogen-bond donors (Lipinski definition) is 0. The Hall–Kier alpha value is -4.04. The lowest BCUT2D eigenvalue weighted by Crippen LogP contribution is -2.21. The average Bonchev–Trinajstić information content (AvgIpc) is 3.51. The smallest absolute Gasteiger partial charge is 0.298 e. The van der Waals surface area contributed by atoms with Gasteiger partial charge in [0.25, 0.3) is 5.24 Å². The maximum absolute atomic E-state index is 12.5. The number of amides is 1. The fourth-order valence-corrected chi connectivity index (χ4v) is 4.19. The number of benzene rings is 2. The molecular formula is C24H18N4O3S. The summed E-state index contributed by atoms with van der Waals surface area (Å²) in [5, 5.41) is -0.654. The quantitative estimate of drug-likeness (QED) is 0.368. The maximum atomic E-state index is 12.5. The summed E-state index contributed by atoms with van der Waals surface area (Å²) < 4.78 is 7.99. The Morgan fingerprint density at radius 2 is 1.69 bits per heavy atom. The number of furan rings is 1. The van der Waals surface area contributed by atoms with Crippen molar-refractivity contribution < 1.29 is 14.0 Å². The van der Waals surface area contributed by atoms with Crippen molar-refractivity contribution in [1.82, 2.24) is 9.55 Å². The number of carbonyl (C=O) groups excluding carboxylic acids is 2. The fraction of sp³-hybridized carbons (Fsp3) is 0.0417. The number of anilines is 4. The van der Waals surface area contributed by atoms with Crippen LogP contribution in [0, 0.1) is 0 Å². The molecule has 0 atom stereocenters. The lowest BCUT2D eigenvalue weighted by Gasteiger charge is -2.21. The number of para-hydroxylation sites is 2. The lowest BCUT2D eigenvalue weighted by molar-refractivity contribution is -0.107. The molecule has 5 rings (SSSR count). The highest BCUT2D eigenvalue weighted by molar-refractivity contribution is 8.27. The Bertz CT molecular complexity index is 1310. The zero-order chi connectivity index (χ0) is 22.1. The second-order valence-corrected chi connectivity index (χ2v) is 7.97. The molecule has 8 heteroatoms. The highest BCUT2D eigenvalue weighted by Crippen LogP contribution is 2.37. The van der Waals surface area contributed by atoms with Crippen LogP contribution in [0.15, 0.2) is 95.3 Å². The van der Waals surface area contributed by atoms with Crippen molar-refractivity contribution in [3.63, 3.8) is 0 Å². The summed E-state index contributed by atoms with van der Waals surface area (Å²) in [5.74, 6) is 1.67. The van der Waals surface area contributed by atoms with Gasteiger partial charge in [0.05, 0.1) is 5.69 Å². The third-order valence-electron chi connectivity index (χ3n) is 4.95. The van der Waals surface area contributed by atoms with E-state index in [4.69, 9.17) is 4.42 Å². The molecule has 0 spiro atoms. The zero-order valence-electron chi connectivity index (χ0n) is 17.1. The summed E-state index contributed by atoms with van der Waals surface area (Å²) in [4.78, 5) is 32.7. The van der Waals surface area contributed by atoms with Crippen LogP contribution >= 0.6 is 11.8 Å². The van der Waals surface area contributed by atoms with E-state index in [1.54, 1.807) is 30.5 Å². The van der Waals surface area contributed by atoms with Gasteiger partial charge in [0.2, 0.25) is 16.9 Å². The molecule has 0 saturated carbocycles. The molecule has 2 aromatic heterocycles. The number of aryl methyl sites for hydroxylation is 1. The molecule has 32 heavy (non-hydrogen) atoms. The molecule has 1 amide bonds. The van der Waals surface area contributed by atoms with Gasteiger partial charge < -0.3 is 8.98 Å².